The number of aryl methyl sites for hydroxylation is 2. The summed E-state index contributed by atoms with van der Waals surface area (Å²) < 4.78 is 0. The highest BCUT2D eigenvalue weighted by atomic mass is 32.2. The number of quaternary nitrogens is 1. The monoisotopic (exact) mass is 398 g/mol. The van der Waals surface area contributed by atoms with Gasteiger partial charge in [-0.3, -0.25) is 9.59 Å². The summed E-state index contributed by atoms with van der Waals surface area (Å²) >= 11 is 1.67. The molecule has 3 rings (SSSR count). The molecule has 0 spiro atoms. The van der Waals surface area contributed by atoms with Crippen molar-refractivity contribution >= 4 is 29.3 Å². The van der Waals surface area contributed by atoms with Gasteiger partial charge in [-0.1, -0.05) is 18.2 Å². The molecule has 0 bridgehead atoms. The van der Waals surface area contributed by atoms with Gasteiger partial charge in [-0.15, -0.1) is 11.8 Å². The average Bonchev–Trinajstić information content (AvgIpc) is 2.71. The van der Waals surface area contributed by atoms with Crippen LogP contribution in [0.4, 0.5) is 5.69 Å². The quantitative estimate of drug-likeness (QED) is 0.758. The van der Waals surface area contributed by atoms with Crippen molar-refractivity contribution in [3.05, 3.63) is 59.2 Å². The first kappa shape index (κ1) is 20.4. The largest absolute Gasteiger partial charge is 0.327 e. The van der Waals surface area contributed by atoms with Gasteiger partial charge in [0.15, 0.2) is 6.54 Å². The number of hydrogen-bond acceptors (Lipinski definition) is 3. The molecule has 2 aromatic carbocycles. The molecule has 0 aliphatic carbocycles. The number of carbonyl (C=O) groups excluding carboxylic acids is 2. The predicted octanol–water partition coefficient (Wildman–Crippen LogP) is 2.00. The fourth-order valence-electron chi connectivity index (χ4n) is 3.54. The molecule has 1 saturated heterocycles. The van der Waals surface area contributed by atoms with Crippen LogP contribution < -0.4 is 10.2 Å². The molecule has 0 atom stereocenters. The lowest BCUT2D eigenvalue weighted by atomic mass is 10.1. The number of para-hydroxylation sites is 1. The molecule has 2 aromatic rings. The molecule has 0 radical (unpaired) electrons. The Morgan fingerprint density at radius 3 is 2.21 bits per heavy atom. The minimum Gasteiger partial charge on any atom is -0.327 e. The summed E-state index contributed by atoms with van der Waals surface area (Å²) in [5, 5.41) is 3.05. The van der Waals surface area contributed by atoms with Crippen molar-refractivity contribution in [2.75, 3.05) is 44.3 Å². The van der Waals surface area contributed by atoms with E-state index in [1.165, 1.54) is 4.90 Å². The second kappa shape index (κ2) is 9.26. The van der Waals surface area contributed by atoms with Gasteiger partial charge in [0.05, 0.1) is 26.2 Å². The number of carbonyl (C=O) groups is 2. The number of thioether (sulfide) groups is 1. The summed E-state index contributed by atoms with van der Waals surface area (Å²) in [6, 6.07) is 13.8. The molecule has 2 amide bonds. The van der Waals surface area contributed by atoms with Gasteiger partial charge in [-0.2, -0.15) is 0 Å². The van der Waals surface area contributed by atoms with Gasteiger partial charge >= 0.3 is 0 Å². The predicted molar refractivity (Wildman–Crippen MR) is 114 cm³/mol. The average molecular weight is 399 g/mol. The summed E-state index contributed by atoms with van der Waals surface area (Å²) in [4.78, 5) is 29.4. The molecule has 0 unspecified atom stereocenters. The number of benzene rings is 2. The van der Waals surface area contributed by atoms with Crippen LogP contribution in [0.5, 0.6) is 0 Å². The third-order valence-electron chi connectivity index (χ3n) is 5.25. The molecule has 1 fully saturated rings. The van der Waals surface area contributed by atoms with Gasteiger partial charge in [0.2, 0.25) is 0 Å². The molecule has 5 nitrogen and oxygen atoms in total. The first-order valence-electron chi connectivity index (χ1n) is 9.61. The Labute approximate surface area is 171 Å². The lowest BCUT2D eigenvalue weighted by Crippen LogP contribution is -3.15. The van der Waals surface area contributed by atoms with E-state index in [-0.39, 0.29) is 11.8 Å². The van der Waals surface area contributed by atoms with Gasteiger partial charge < -0.3 is 15.1 Å². The minimum absolute atomic E-state index is 0.0276. The minimum atomic E-state index is 0.0276. The third kappa shape index (κ3) is 4.94. The molecule has 1 aliphatic rings. The van der Waals surface area contributed by atoms with Crippen LogP contribution in [-0.2, 0) is 4.79 Å². The second-order valence-electron chi connectivity index (χ2n) is 7.26. The van der Waals surface area contributed by atoms with Crippen LogP contribution in [0.25, 0.3) is 0 Å². The summed E-state index contributed by atoms with van der Waals surface area (Å²) in [6.07, 6.45) is 2.02. The molecule has 28 heavy (non-hydrogen) atoms. The maximum Gasteiger partial charge on any atom is 0.279 e. The maximum absolute atomic E-state index is 12.7. The van der Waals surface area contributed by atoms with Crippen LogP contribution in [0.2, 0.25) is 0 Å². The molecular weight excluding hydrogens is 370 g/mol. The van der Waals surface area contributed by atoms with Crippen LogP contribution >= 0.6 is 11.8 Å². The molecule has 0 saturated carbocycles. The van der Waals surface area contributed by atoms with E-state index in [0.29, 0.717) is 19.6 Å². The van der Waals surface area contributed by atoms with Crippen molar-refractivity contribution < 1.29 is 14.5 Å². The first-order chi connectivity index (χ1) is 13.5. The number of amides is 2. The van der Waals surface area contributed by atoms with E-state index in [1.807, 2.05) is 67.5 Å². The van der Waals surface area contributed by atoms with Gasteiger partial charge in [0.25, 0.3) is 11.8 Å². The maximum atomic E-state index is 12.7. The standard InChI is InChI=1S/C22H27N3O2S/c1-16-5-4-6-17(2)21(16)23-20(26)15-24-11-13-25(14-12-24)22(27)18-7-9-19(28-3)10-8-18/h4-10H,11-15H2,1-3H3,(H,23,26)/p+1. The molecule has 0 aromatic heterocycles. The molecule has 148 valence electrons. The van der Waals surface area contributed by atoms with Crippen molar-refractivity contribution in [2.24, 2.45) is 0 Å². The van der Waals surface area contributed by atoms with Gasteiger partial charge in [-0.25, -0.2) is 0 Å². The highest BCUT2D eigenvalue weighted by Gasteiger charge is 2.26. The van der Waals surface area contributed by atoms with E-state index in [9.17, 15) is 9.59 Å². The Kier molecular flexibility index (Phi) is 6.75. The van der Waals surface area contributed by atoms with E-state index >= 15 is 0 Å². The smallest absolute Gasteiger partial charge is 0.279 e. The molecule has 1 aliphatic heterocycles. The SMILES string of the molecule is CSc1ccc(C(=O)N2CC[NH+](CC(=O)Nc3c(C)cccc3C)CC2)cc1. The Balaban J connectivity index is 1.50. The Morgan fingerprint density at radius 2 is 1.64 bits per heavy atom. The number of nitrogens with zero attached hydrogens (tertiary/aromatic N) is 1. The zero-order valence-corrected chi connectivity index (χ0v) is 17.6. The Morgan fingerprint density at radius 1 is 1.04 bits per heavy atom. The van der Waals surface area contributed by atoms with Crippen molar-refractivity contribution in [1.82, 2.24) is 4.90 Å². The number of anilines is 1. The number of hydrogen-bond donors (Lipinski definition) is 2. The van der Waals surface area contributed by atoms with Crippen LogP contribution in [0, 0.1) is 13.8 Å². The summed E-state index contributed by atoms with van der Waals surface area (Å²) in [5.41, 5.74) is 3.79. The van der Waals surface area contributed by atoms with E-state index in [0.717, 1.165) is 40.4 Å². The van der Waals surface area contributed by atoms with Crippen LogP contribution in [0.1, 0.15) is 21.5 Å². The van der Waals surface area contributed by atoms with Crippen molar-refractivity contribution in [2.45, 2.75) is 18.7 Å². The Bertz CT molecular complexity index is 823. The lowest BCUT2D eigenvalue weighted by Gasteiger charge is -2.32. The fourth-order valence-corrected chi connectivity index (χ4v) is 3.95. The van der Waals surface area contributed by atoms with Gasteiger partial charge in [0, 0.05) is 16.1 Å². The lowest BCUT2D eigenvalue weighted by molar-refractivity contribution is -0.895. The number of piperazine rings is 1. The fraction of sp³-hybridized carbons (Fsp3) is 0.364. The van der Waals surface area contributed by atoms with E-state index in [2.05, 4.69) is 5.32 Å². The number of nitrogens with one attached hydrogen (secondary N) is 2. The normalized spacial score (nSPS) is 14.8. The van der Waals surface area contributed by atoms with Gasteiger partial charge in [0.1, 0.15) is 0 Å². The first-order valence-corrected chi connectivity index (χ1v) is 10.8. The van der Waals surface area contributed by atoms with E-state index in [1.54, 1.807) is 11.8 Å². The topological polar surface area (TPSA) is 53.9 Å². The van der Waals surface area contributed by atoms with Crippen LogP contribution in [-0.4, -0.2) is 55.7 Å². The molecule has 6 heteroatoms. The highest BCUT2D eigenvalue weighted by Crippen LogP contribution is 2.19. The van der Waals surface area contributed by atoms with Crippen molar-refractivity contribution in [3.63, 3.8) is 0 Å². The third-order valence-corrected chi connectivity index (χ3v) is 5.99. The van der Waals surface area contributed by atoms with Gasteiger partial charge in [-0.05, 0) is 55.5 Å². The van der Waals surface area contributed by atoms with E-state index < -0.39 is 0 Å². The molecular formula is C22H28N3O2S+. The van der Waals surface area contributed by atoms with Crippen LogP contribution in [0.15, 0.2) is 47.4 Å². The highest BCUT2D eigenvalue weighted by molar-refractivity contribution is 7.98. The zero-order valence-electron chi connectivity index (χ0n) is 16.7. The summed E-state index contributed by atoms with van der Waals surface area (Å²) in [5.74, 6) is 0.103. The zero-order chi connectivity index (χ0) is 20.1. The second-order valence-corrected chi connectivity index (χ2v) is 8.14. The summed E-state index contributed by atoms with van der Waals surface area (Å²) in [6.45, 7) is 7.36. The molecule has 2 N–H and O–H groups in total. The molecule has 1 heterocycles. The number of rotatable bonds is 5. The summed E-state index contributed by atoms with van der Waals surface area (Å²) in [7, 11) is 0. The van der Waals surface area contributed by atoms with E-state index in [4.69, 9.17) is 0 Å². The Hall–Kier alpha value is -2.31. The van der Waals surface area contributed by atoms with Crippen molar-refractivity contribution in [3.8, 4) is 0 Å². The van der Waals surface area contributed by atoms with Crippen LogP contribution in [0.3, 0.4) is 0 Å². The van der Waals surface area contributed by atoms with Crippen molar-refractivity contribution in [1.29, 1.82) is 0 Å².